The van der Waals surface area contributed by atoms with E-state index in [1.54, 1.807) is 19.5 Å². The molecule has 1 amide bonds. The van der Waals surface area contributed by atoms with E-state index in [9.17, 15) is 4.79 Å². The molecule has 8 heteroatoms. The summed E-state index contributed by atoms with van der Waals surface area (Å²) in [6.45, 7) is 4.02. The van der Waals surface area contributed by atoms with Crippen LogP contribution in [0.2, 0.25) is 0 Å². The van der Waals surface area contributed by atoms with Crippen molar-refractivity contribution in [1.29, 1.82) is 0 Å². The van der Waals surface area contributed by atoms with Crippen LogP contribution in [-0.4, -0.2) is 44.1 Å². The topological polar surface area (TPSA) is 73.1 Å². The van der Waals surface area contributed by atoms with Crippen LogP contribution in [0.25, 0.3) is 17.1 Å². The Labute approximate surface area is 202 Å². The number of pyridine rings is 1. The third-order valence-corrected chi connectivity index (χ3v) is 7.01. The van der Waals surface area contributed by atoms with Crippen LogP contribution >= 0.6 is 11.8 Å². The minimum absolute atomic E-state index is 0.0668. The van der Waals surface area contributed by atoms with Crippen LogP contribution in [0.15, 0.2) is 78.2 Å². The number of carbonyl (C=O) groups is 1. The number of anilines is 1. The van der Waals surface area contributed by atoms with Crippen LogP contribution in [0, 0.1) is 0 Å². The summed E-state index contributed by atoms with van der Waals surface area (Å²) in [6, 6.07) is 19.8. The van der Waals surface area contributed by atoms with Crippen molar-refractivity contribution in [2.24, 2.45) is 0 Å². The molecule has 5 rings (SSSR count). The van der Waals surface area contributed by atoms with E-state index < -0.39 is 0 Å². The summed E-state index contributed by atoms with van der Waals surface area (Å²) in [4.78, 5) is 19.6. The quantitative estimate of drug-likeness (QED) is 0.376. The fourth-order valence-corrected chi connectivity index (χ4v) is 5.22. The number of methoxy groups -OCH3 is 1. The Kier molecular flexibility index (Phi) is 6.06. The lowest BCUT2D eigenvalue weighted by molar-refractivity contribution is -0.118. The van der Waals surface area contributed by atoms with Gasteiger partial charge in [0.25, 0.3) is 0 Å². The number of nitrogens with zero attached hydrogens (tertiary/aromatic N) is 5. The first-order valence-corrected chi connectivity index (χ1v) is 12.0. The van der Waals surface area contributed by atoms with Crippen LogP contribution in [-0.2, 0) is 11.2 Å². The molecule has 0 bridgehead atoms. The number of benzene rings is 2. The number of fused-ring (bicyclic) bond motifs is 1. The fourth-order valence-electron chi connectivity index (χ4n) is 4.30. The van der Waals surface area contributed by atoms with Crippen LogP contribution in [0.4, 0.5) is 5.69 Å². The van der Waals surface area contributed by atoms with Gasteiger partial charge in [-0.3, -0.25) is 14.3 Å². The normalized spacial score (nSPS) is 15.7. The molecule has 0 aliphatic carbocycles. The van der Waals surface area contributed by atoms with Crippen molar-refractivity contribution in [3.05, 3.63) is 78.6 Å². The molecule has 3 heterocycles. The maximum absolute atomic E-state index is 13.6. The highest BCUT2D eigenvalue weighted by Gasteiger charge is 2.34. The summed E-state index contributed by atoms with van der Waals surface area (Å²) in [5.74, 6) is 1.52. The highest BCUT2D eigenvalue weighted by Crippen LogP contribution is 2.36. The zero-order valence-corrected chi connectivity index (χ0v) is 20.1. The lowest BCUT2D eigenvalue weighted by atomic mass is 10.1. The van der Waals surface area contributed by atoms with E-state index in [2.05, 4.69) is 28.2 Å². The Balaban J connectivity index is 1.49. The number of aromatic nitrogens is 4. The molecular formula is C26H25N5O2S. The summed E-state index contributed by atoms with van der Waals surface area (Å²) in [5, 5.41) is 9.26. The average molecular weight is 472 g/mol. The molecule has 0 N–H and O–H groups in total. The number of hydrogen-bond acceptors (Lipinski definition) is 6. The molecule has 1 aliphatic heterocycles. The predicted octanol–water partition coefficient (Wildman–Crippen LogP) is 4.80. The summed E-state index contributed by atoms with van der Waals surface area (Å²) >= 11 is 1.41. The minimum Gasteiger partial charge on any atom is -0.497 e. The second-order valence-electron chi connectivity index (χ2n) is 8.23. The number of para-hydroxylation sites is 1. The van der Waals surface area contributed by atoms with Gasteiger partial charge in [0, 0.05) is 35.4 Å². The Morgan fingerprint density at radius 1 is 1.06 bits per heavy atom. The highest BCUT2D eigenvalue weighted by molar-refractivity contribution is 8.00. The van der Waals surface area contributed by atoms with E-state index in [0.29, 0.717) is 11.0 Å². The molecule has 0 saturated heterocycles. The highest BCUT2D eigenvalue weighted by atomic mass is 32.2. The molecule has 34 heavy (non-hydrogen) atoms. The third kappa shape index (κ3) is 4.05. The van der Waals surface area contributed by atoms with Crippen molar-refractivity contribution in [2.45, 2.75) is 36.7 Å². The van der Waals surface area contributed by atoms with Gasteiger partial charge in [0.15, 0.2) is 11.0 Å². The molecule has 172 valence electrons. The van der Waals surface area contributed by atoms with Gasteiger partial charge in [0.05, 0.1) is 12.4 Å². The molecule has 0 saturated carbocycles. The van der Waals surface area contributed by atoms with Gasteiger partial charge in [-0.05, 0) is 68.3 Å². The fraction of sp³-hybridized carbons (Fsp3) is 0.231. The number of rotatable bonds is 6. The molecule has 7 nitrogen and oxygen atoms in total. The van der Waals surface area contributed by atoms with Gasteiger partial charge < -0.3 is 9.64 Å². The van der Waals surface area contributed by atoms with Gasteiger partial charge in [-0.2, -0.15) is 0 Å². The number of carbonyl (C=O) groups excluding carboxylic acids is 1. The first kappa shape index (κ1) is 22.2. The Hall–Kier alpha value is -3.65. The molecule has 4 aromatic rings. The van der Waals surface area contributed by atoms with Crippen molar-refractivity contribution in [3.63, 3.8) is 0 Å². The zero-order valence-electron chi connectivity index (χ0n) is 19.3. The van der Waals surface area contributed by atoms with Crippen LogP contribution < -0.4 is 9.64 Å². The molecule has 0 fully saturated rings. The lowest BCUT2D eigenvalue weighted by Gasteiger charge is -2.25. The molecule has 1 aliphatic rings. The van der Waals surface area contributed by atoms with E-state index in [-0.39, 0.29) is 17.2 Å². The minimum atomic E-state index is -0.347. The number of hydrogen-bond donors (Lipinski definition) is 0. The number of thioether (sulfide) groups is 1. The SMILES string of the molecule is COc1ccc(-n2c(SC(C)C(=O)N3c4ccccc4CC3C)nnc2-c2ccncc2)cc1. The first-order valence-electron chi connectivity index (χ1n) is 11.1. The first-order chi connectivity index (χ1) is 16.6. The summed E-state index contributed by atoms with van der Waals surface area (Å²) in [7, 11) is 1.64. The Bertz CT molecular complexity index is 1310. The third-order valence-electron chi connectivity index (χ3n) is 5.98. The van der Waals surface area contributed by atoms with Gasteiger partial charge in [-0.15, -0.1) is 10.2 Å². The van der Waals surface area contributed by atoms with E-state index in [1.807, 2.05) is 71.0 Å². The van der Waals surface area contributed by atoms with Crippen molar-refractivity contribution in [1.82, 2.24) is 19.7 Å². The van der Waals surface area contributed by atoms with Gasteiger partial charge >= 0.3 is 0 Å². The molecule has 0 spiro atoms. The maximum atomic E-state index is 13.6. The Morgan fingerprint density at radius 2 is 1.79 bits per heavy atom. The van der Waals surface area contributed by atoms with Crippen molar-refractivity contribution >= 4 is 23.4 Å². The molecular weight excluding hydrogens is 446 g/mol. The maximum Gasteiger partial charge on any atom is 0.240 e. The number of amides is 1. The van der Waals surface area contributed by atoms with Gasteiger partial charge in [-0.25, -0.2) is 0 Å². The predicted molar refractivity (Wildman–Crippen MR) is 134 cm³/mol. The second-order valence-corrected chi connectivity index (χ2v) is 9.53. The molecule has 2 atom stereocenters. The van der Waals surface area contributed by atoms with Crippen LogP contribution in [0.3, 0.4) is 0 Å². The molecule has 0 radical (unpaired) electrons. The summed E-state index contributed by atoms with van der Waals surface area (Å²) < 4.78 is 7.30. The van der Waals surface area contributed by atoms with E-state index in [1.165, 1.54) is 17.3 Å². The Morgan fingerprint density at radius 3 is 2.53 bits per heavy atom. The molecule has 2 aromatic carbocycles. The van der Waals surface area contributed by atoms with Crippen LogP contribution in [0.5, 0.6) is 5.75 Å². The average Bonchev–Trinajstić information content (AvgIpc) is 3.44. The molecule has 2 unspecified atom stereocenters. The smallest absolute Gasteiger partial charge is 0.240 e. The number of ether oxygens (including phenoxy) is 1. The van der Waals surface area contributed by atoms with Crippen molar-refractivity contribution in [2.75, 3.05) is 12.0 Å². The lowest BCUT2D eigenvalue weighted by Crippen LogP contribution is -2.40. The summed E-state index contributed by atoms with van der Waals surface area (Å²) in [6.07, 6.45) is 4.33. The largest absolute Gasteiger partial charge is 0.497 e. The molecule has 2 aromatic heterocycles. The summed E-state index contributed by atoms with van der Waals surface area (Å²) in [5.41, 5.74) is 3.99. The van der Waals surface area contributed by atoms with Crippen molar-refractivity contribution in [3.8, 4) is 22.8 Å². The second kappa shape index (κ2) is 9.30. The van der Waals surface area contributed by atoms with E-state index >= 15 is 0 Å². The van der Waals surface area contributed by atoms with Gasteiger partial charge in [-0.1, -0.05) is 30.0 Å². The van der Waals surface area contributed by atoms with E-state index in [4.69, 9.17) is 4.74 Å². The van der Waals surface area contributed by atoms with Crippen molar-refractivity contribution < 1.29 is 9.53 Å². The van der Waals surface area contributed by atoms with Crippen LogP contribution in [0.1, 0.15) is 19.4 Å². The monoisotopic (exact) mass is 471 g/mol. The zero-order chi connectivity index (χ0) is 23.7. The van der Waals surface area contributed by atoms with Gasteiger partial charge in [0.2, 0.25) is 5.91 Å². The standard InChI is InChI=1S/C26H25N5O2S/c1-17-16-20-6-4-5-7-23(20)30(17)25(32)18(2)34-26-29-28-24(19-12-14-27-15-13-19)31(26)21-8-10-22(33-3)11-9-21/h4-15,17-18H,16H2,1-3H3. The van der Waals surface area contributed by atoms with E-state index in [0.717, 1.165) is 29.1 Å². The van der Waals surface area contributed by atoms with Gasteiger partial charge in [0.1, 0.15) is 5.75 Å².